The molecule has 0 bridgehead atoms. The van der Waals surface area contributed by atoms with E-state index in [2.05, 4.69) is 0 Å². The number of carbonyl (C=O) groups is 1. The van der Waals surface area contributed by atoms with Crippen molar-refractivity contribution in [2.45, 2.75) is 11.3 Å². The third-order valence-corrected chi connectivity index (χ3v) is 3.14. The van der Waals surface area contributed by atoms with E-state index in [1.54, 1.807) is 17.8 Å². The molecular weight excluding hydrogens is 192 g/mol. The van der Waals surface area contributed by atoms with Crippen molar-refractivity contribution in [1.82, 2.24) is 0 Å². The van der Waals surface area contributed by atoms with Gasteiger partial charge in [0, 0.05) is 27.7 Å². The zero-order chi connectivity index (χ0) is 8.55. The Balaban J connectivity index is 2.54. The Morgan fingerprint density at radius 2 is 2.25 bits per heavy atom. The van der Waals surface area contributed by atoms with E-state index >= 15 is 0 Å². The largest absolute Gasteiger partial charge is 0.294 e. The van der Waals surface area contributed by atoms with Crippen molar-refractivity contribution < 1.29 is 4.79 Å². The van der Waals surface area contributed by atoms with Crippen LogP contribution in [0.2, 0.25) is 5.02 Å². The van der Waals surface area contributed by atoms with Gasteiger partial charge in [-0.3, -0.25) is 4.79 Å². The summed E-state index contributed by atoms with van der Waals surface area (Å²) < 4.78 is 0. The van der Waals surface area contributed by atoms with Crippen LogP contribution in [-0.2, 0) is 0 Å². The molecule has 0 saturated heterocycles. The fraction of sp³-hybridized carbons (Fsp3) is 0.222. The van der Waals surface area contributed by atoms with Crippen LogP contribution in [0.25, 0.3) is 0 Å². The summed E-state index contributed by atoms with van der Waals surface area (Å²) in [4.78, 5) is 12.4. The highest BCUT2D eigenvalue weighted by Crippen LogP contribution is 2.31. The molecule has 0 unspecified atom stereocenters. The summed E-state index contributed by atoms with van der Waals surface area (Å²) in [6.45, 7) is 0. The van der Waals surface area contributed by atoms with E-state index in [9.17, 15) is 4.79 Å². The predicted octanol–water partition coefficient (Wildman–Crippen LogP) is 3.02. The maximum atomic E-state index is 11.4. The lowest BCUT2D eigenvalue weighted by molar-refractivity contribution is 0.0985. The molecule has 0 atom stereocenters. The molecule has 0 fully saturated rings. The first-order chi connectivity index (χ1) is 5.77. The van der Waals surface area contributed by atoms with Crippen LogP contribution < -0.4 is 0 Å². The lowest BCUT2D eigenvalue weighted by Gasteiger charge is -2.13. The van der Waals surface area contributed by atoms with Gasteiger partial charge in [-0.15, -0.1) is 11.8 Å². The van der Waals surface area contributed by atoms with E-state index in [0.717, 1.165) is 16.2 Å². The Bertz CT molecular complexity index is 335. The number of rotatable bonds is 0. The summed E-state index contributed by atoms with van der Waals surface area (Å²) in [5.41, 5.74) is 0.791. The van der Waals surface area contributed by atoms with E-state index in [1.165, 1.54) is 0 Å². The van der Waals surface area contributed by atoms with Crippen LogP contribution in [0.15, 0.2) is 23.1 Å². The van der Waals surface area contributed by atoms with Crippen molar-refractivity contribution in [3.05, 3.63) is 28.8 Å². The molecule has 1 aromatic carbocycles. The summed E-state index contributed by atoms with van der Waals surface area (Å²) >= 11 is 7.50. The van der Waals surface area contributed by atoms with E-state index in [4.69, 9.17) is 11.6 Å². The first kappa shape index (κ1) is 8.14. The number of benzene rings is 1. The lowest BCUT2D eigenvalue weighted by Crippen LogP contribution is -2.07. The molecule has 0 spiro atoms. The molecule has 1 aromatic rings. The smallest absolute Gasteiger partial charge is 0.164 e. The molecule has 0 N–H and O–H groups in total. The molecule has 62 valence electrons. The SMILES string of the molecule is O=C1CCSc2ccc(Cl)cc21. The highest BCUT2D eigenvalue weighted by atomic mass is 35.5. The fourth-order valence-electron chi connectivity index (χ4n) is 1.23. The van der Waals surface area contributed by atoms with Gasteiger partial charge in [0.05, 0.1) is 0 Å². The van der Waals surface area contributed by atoms with Crippen LogP contribution in [0.4, 0.5) is 0 Å². The number of ketones is 1. The minimum Gasteiger partial charge on any atom is -0.294 e. The number of halogens is 1. The summed E-state index contributed by atoms with van der Waals surface area (Å²) in [7, 11) is 0. The third-order valence-electron chi connectivity index (χ3n) is 1.83. The second kappa shape index (κ2) is 3.11. The first-order valence-electron chi connectivity index (χ1n) is 3.73. The summed E-state index contributed by atoms with van der Waals surface area (Å²) in [6.07, 6.45) is 0.637. The molecule has 0 aliphatic carbocycles. The number of hydrogen-bond acceptors (Lipinski definition) is 2. The van der Waals surface area contributed by atoms with E-state index in [0.29, 0.717) is 11.4 Å². The zero-order valence-corrected chi connectivity index (χ0v) is 7.91. The Morgan fingerprint density at radius 1 is 1.42 bits per heavy atom. The summed E-state index contributed by atoms with van der Waals surface area (Å²) in [5, 5.41) is 0.643. The molecule has 0 aromatic heterocycles. The van der Waals surface area contributed by atoms with Gasteiger partial charge < -0.3 is 0 Å². The summed E-state index contributed by atoms with van der Waals surface area (Å²) in [6, 6.07) is 5.50. The molecular formula is C9H7ClOS. The quantitative estimate of drug-likeness (QED) is 0.638. The maximum Gasteiger partial charge on any atom is 0.164 e. The average molecular weight is 199 g/mol. The van der Waals surface area contributed by atoms with Crippen molar-refractivity contribution in [3.8, 4) is 0 Å². The minimum absolute atomic E-state index is 0.214. The summed E-state index contributed by atoms with van der Waals surface area (Å²) in [5.74, 6) is 1.11. The van der Waals surface area contributed by atoms with E-state index < -0.39 is 0 Å². The topological polar surface area (TPSA) is 17.1 Å². The number of hydrogen-bond donors (Lipinski definition) is 0. The van der Waals surface area contributed by atoms with Crippen LogP contribution in [0.5, 0.6) is 0 Å². The zero-order valence-electron chi connectivity index (χ0n) is 6.34. The highest BCUT2D eigenvalue weighted by Gasteiger charge is 2.17. The standard InChI is InChI=1S/C9H7ClOS/c10-6-1-2-9-7(5-6)8(11)3-4-12-9/h1-2,5H,3-4H2. The van der Waals surface area contributed by atoms with Crippen LogP contribution in [0.1, 0.15) is 16.8 Å². The molecule has 2 rings (SSSR count). The molecule has 1 aliphatic rings. The van der Waals surface area contributed by atoms with Crippen LogP contribution >= 0.6 is 23.4 Å². The molecule has 0 saturated carbocycles. The van der Waals surface area contributed by atoms with Gasteiger partial charge in [-0.25, -0.2) is 0 Å². The second-order valence-electron chi connectivity index (χ2n) is 2.66. The molecule has 12 heavy (non-hydrogen) atoms. The molecule has 1 nitrogen and oxygen atoms in total. The van der Waals surface area contributed by atoms with Gasteiger partial charge in [0.15, 0.2) is 5.78 Å². The van der Waals surface area contributed by atoms with Crippen molar-refractivity contribution in [2.24, 2.45) is 0 Å². The minimum atomic E-state index is 0.214. The maximum absolute atomic E-state index is 11.4. The average Bonchev–Trinajstić information content (AvgIpc) is 2.07. The predicted molar refractivity (Wildman–Crippen MR) is 51.1 cm³/mol. The van der Waals surface area contributed by atoms with Gasteiger partial charge in [-0.2, -0.15) is 0 Å². The normalized spacial score (nSPS) is 15.9. The Kier molecular flexibility index (Phi) is 2.11. The lowest BCUT2D eigenvalue weighted by atomic mass is 10.1. The number of carbonyl (C=O) groups excluding carboxylic acids is 1. The van der Waals surface area contributed by atoms with Crippen molar-refractivity contribution >= 4 is 29.1 Å². The molecule has 0 radical (unpaired) electrons. The Labute approximate surface area is 80.1 Å². The van der Waals surface area contributed by atoms with Crippen LogP contribution in [0.3, 0.4) is 0 Å². The van der Waals surface area contributed by atoms with Crippen molar-refractivity contribution in [2.75, 3.05) is 5.75 Å². The van der Waals surface area contributed by atoms with E-state index in [-0.39, 0.29) is 5.78 Å². The Morgan fingerprint density at radius 3 is 3.08 bits per heavy atom. The number of thioether (sulfide) groups is 1. The highest BCUT2D eigenvalue weighted by molar-refractivity contribution is 7.99. The number of Topliss-reactive ketones (excluding diaryl/α,β-unsaturated/α-hetero) is 1. The van der Waals surface area contributed by atoms with Gasteiger partial charge >= 0.3 is 0 Å². The van der Waals surface area contributed by atoms with Gasteiger partial charge in [-0.1, -0.05) is 11.6 Å². The molecule has 3 heteroatoms. The third kappa shape index (κ3) is 1.37. The molecule has 1 heterocycles. The van der Waals surface area contributed by atoms with Gasteiger partial charge in [-0.05, 0) is 18.2 Å². The van der Waals surface area contributed by atoms with E-state index in [1.807, 2.05) is 12.1 Å². The van der Waals surface area contributed by atoms with Gasteiger partial charge in [0.2, 0.25) is 0 Å². The van der Waals surface area contributed by atoms with Crippen LogP contribution in [-0.4, -0.2) is 11.5 Å². The molecule has 1 aliphatic heterocycles. The van der Waals surface area contributed by atoms with Gasteiger partial charge in [0.1, 0.15) is 0 Å². The van der Waals surface area contributed by atoms with Gasteiger partial charge in [0.25, 0.3) is 0 Å². The monoisotopic (exact) mass is 198 g/mol. The fourth-order valence-corrected chi connectivity index (χ4v) is 2.41. The van der Waals surface area contributed by atoms with Crippen LogP contribution in [0, 0.1) is 0 Å². The Hall–Kier alpha value is -0.470. The molecule has 0 amide bonds. The van der Waals surface area contributed by atoms with Crippen molar-refractivity contribution in [3.63, 3.8) is 0 Å². The number of fused-ring (bicyclic) bond motifs is 1. The first-order valence-corrected chi connectivity index (χ1v) is 5.09. The second-order valence-corrected chi connectivity index (χ2v) is 4.24. The van der Waals surface area contributed by atoms with Crippen molar-refractivity contribution in [1.29, 1.82) is 0 Å².